The van der Waals surface area contributed by atoms with Crippen LogP contribution in [0.2, 0.25) is 0 Å². The second-order valence-electron chi connectivity index (χ2n) is 7.03. The highest BCUT2D eigenvalue weighted by Gasteiger charge is 2.26. The third kappa shape index (κ3) is 2.92. The Labute approximate surface area is 137 Å². The van der Waals surface area contributed by atoms with Gasteiger partial charge in [0.25, 0.3) is 0 Å². The van der Waals surface area contributed by atoms with Crippen molar-refractivity contribution in [3.8, 4) is 0 Å². The lowest BCUT2D eigenvalue weighted by Crippen LogP contribution is -2.37. The van der Waals surface area contributed by atoms with Crippen molar-refractivity contribution in [2.24, 2.45) is 0 Å². The lowest BCUT2D eigenvalue weighted by Gasteiger charge is -2.34. The molecule has 0 aromatic carbocycles. The largest absolute Gasteiger partial charge is 0.295 e. The molecule has 6 heteroatoms. The third-order valence-electron chi connectivity index (χ3n) is 5.29. The summed E-state index contributed by atoms with van der Waals surface area (Å²) >= 11 is 0. The number of aromatic nitrogens is 5. The van der Waals surface area contributed by atoms with Crippen LogP contribution in [0.4, 0.5) is 0 Å². The molecule has 4 rings (SSSR count). The van der Waals surface area contributed by atoms with E-state index in [1.807, 2.05) is 13.1 Å². The maximum Gasteiger partial charge on any atom is 0.147 e. The van der Waals surface area contributed by atoms with Gasteiger partial charge in [-0.3, -0.25) is 9.58 Å². The molecule has 0 bridgehead atoms. The summed E-state index contributed by atoms with van der Waals surface area (Å²) in [5.74, 6) is 1.91. The summed E-state index contributed by atoms with van der Waals surface area (Å²) < 4.78 is 4.39. The van der Waals surface area contributed by atoms with Crippen molar-refractivity contribution < 1.29 is 0 Å². The van der Waals surface area contributed by atoms with Gasteiger partial charge in [-0.15, -0.1) is 0 Å². The number of hydrogen-bond donors (Lipinski definition) is 0. The molecular weight excluding hydrogens is 288 g/mol. The van der Waals surface area contributed by atoms with Crippen molar-refractivity contribution in [2.75, 3.05) is 13.1 Å². The summed E-state index contributed by atoms with van der Waals surface area (Å²) in [4.78, 5) is 7.01. The molecule has 2 fully saturated rings. The molecule has 1 saturated carbocycles. The first-order valence-electron chi connectivity index (χ1n) is 8.85. The molecule has 2 aromatic heterocycles. The minimum Gasteiger partial charge on any atom is -0.295 e. The second-order valence-corrected chi connectivity index (χ2v) is 7.03. The molecule has 1 unspecified atom stereocenters. The molecule has 0 amide bonds. The Morgan fingerprint density at radius 1 is 1.09 bits per heavy atom. The van der Waals surface area contributed by atoms with Crippen LogP contribution in [0.15, 0.2) is 12.3 Å². The fraction of sp³-hybridized carbons (Fsp3) is 0.706. The van der Waals surface area contributed by atoms with Gasteiger partial charge < -0.3 is 0 Å². The van der Waals surface area contributed by atoms with Gasteiger partial charge in [-0.2, -0.15) is 10.2 Å². The molecular formula is C17H26N6. The lowest BCUT2D eigenvalue weighted by molar-refractivity contribution is 0.153. The van der Waals surface area contributed by atoms with Crippen LogP contribution in [0, 0.1) is 13.8 Å². The zero-order valence-electron chi connectivity index (χ0n) is 14.1. The van der Waals surface area contributed by atoms with Crippen LogP contribution < -0.4 is 0 Å². The van der Waals surface area contributed by atoms with E-state index < -0.39 is 0 Å². The Balaban J connectivity index is 1.45. The van der Waals surface area contributed by atoms with E-state index >= 15 is 0 Å². The highest BCUT2D eigenvalue weighted by atomic mass is 15.4. The predicted octanol–water partition coefficient (Wildman–Crippen LogP) is 2.65. The Kier molecular flexibility index (Phi) is 3.93. The molecule has 6 nitrogen and oxygen atoms in total. The molecule has 0 radical (unpaired) electrons. The zero-order valence-corrected chi connectivity index (χ0v) is 14.1. The summed E-state index contributed by atoms with van der Waals surface area (Å²) in [6, 6.07) is 3.28. The molecule has 1 atom stereocenters. The summed E-state index contributed by atoms with van der Waals surface area (Å²) in [6.45, 7) is 7.25. The van der Waals surface area contributed by atoms with Gasteiger partial charge >= 0.3 is 0 Å². The zero-order chi connectivity index (χ0) is 15.8. The van der Waals surface area contributed by atoms with Gasteiger partial charge in [-0.1, -0.05) is 0 Å². The number of piperidine rings is 1. The molecule has 0 N–H and O–H groups in total. The van der Waals surface area contributed by atoms with Crippen molar-refractivity contribution in [3.05, 3.63) is 29.6 Å². The summed E-state index contributed by atoms with van der Waals surface area (Å²) in [5, 5.41) is 9.16. The molecule has 23 heavy (non-hydrogen) atoms. The van der Waals surface area contributed by atoms with Crippen molar-refractivity contribution in [2.45, 2.75) is 64.6 Å². The average molecular weight is 314 g/mol. The van der Waals surface area contributed by atoms with Gasteiger partial charge in [-0.05, 0) is 58.6 Å². The summed E-state index contributed by atoms with van der Waals surface area (Å²) in [7, 11) is 0. The molecule has 1 aliphatic heterocycles. The molecule has 124 valence electrons. The Hall–Kier alpha value is -1.69. The van der Waals surface area contributed by atoms with Gasteiger partial charge in [0.15, 0.2) is 0 Å². The third-order valence-corrected chi connectivity index (χ3v) is 5.29. The molecule has 1 saturated heterocycles. The molecule has 3 heterocycles. The van der Waals surface area contributed by atoms with Crippen molar-refractivity contribution in [3.63, 3.8) is 0 Å². The fourth-order valence-electron chi connectivity index (χ4n) is 3.91. The van der Waals surface area contributed by atoms with Crippen LogP contribution >= 0.6 is 0 Å². The number of aryl methyl sites for hydroxylation is 2. The van der Waals surface area contributed by atoms with Gasteiger partial charge in [0.1, 0.15) is 11.6 Å². The van der Waals surface area contributed by atoms with Crippen LogP contribution in [0.3, 0.4) is 0 Å². The number of likely N-dealkylation sites (tertiary alicyclic amines) is 1. The second kappa shape index (κ2) is 6.07. The van der Waals surface area contributed by atoms with Crippen molar-refractivity contribution in [1.29, 1.82) is 0 Å². The quantitative estimate of drug-likeness (QED) is 0.870. The topological polar surface area (TPSA) is 51.8 Å². The molecule has 2 aromatic rings. The van der Waals surface area contributed by atoms with Crippen LogP contribution in [-0.2, 0) is 6.54 Å². The van der Waals surface area contributed by atoms with E-state index in [1.165, 1.54) is 44.3 Å². The van der Waals surface area contributed by atoms with E-state index in [0.717, 1.165) is 24.7 Å². The van der Waals surface area contributed by atoms with Crippen LogP contribution in [0.1, 0.15) is 61.5 Å². The first kappa shape index (κ1) is 14.9. The van der Waals surface area contributed by atoms with E-state index in [9.17, 15) is 0 Å². The van der Waals surface area contributed by atoms with E-state index in [1.54, 1.807) is 0 Å². The van der Waals surface area contributed by atoms with Crippen LogP contribution in [-0.4, -0.2) is 42.5 Å². The van der Waals surface area contributed by atoms with E-state index in [4.69, 9.17) is 0 Å². The minimum atomic E-state index is 0.449. The first-order chi connectivity index (χ1) is 11.2. The summed E-state index contributed by atoms with van der Waals surface area (Å²) in [6.07, 6.45) is 8.30. The highest BCUT2D eigenvalue weighted by Crippen LogP contribution is 2.32. The summed E-state index contributed by atoms with van der Waals surface area (Å²) in [5.41, 5.74) is 1.36. The fourth-order valence-corrected chi connectivity index (χ4v) is 3.91. The highest BCUT2D eigenvalue weighted by molar-refractivity contribution is 5.04. The number of rotatable bonds is 4. The Bertz CT molecular complexity index is 668. The van der Waals surface area contributed by atoms with Crippen molar-refractivity contribution >= 4 is 0 Å². The normalized spacial score (nSPS) is 23.1. The van der Waals surface area contributed by atoms with Gasteiger partial charge in [0.2, 0.25) is 0 Å². The minimum absolute atomic E-state index is 0.449. The van der Waals surface area contributed by atoms with Crippen LogP contribution in [0.25, 0.3) is 0 Å². The SMILES string of the molecule is Cc1nc(C)n(C2CCCN(Cc3ccnn3C3CCC3)C2)n1. The van der Waals surface area contributed by atoms with Gasteiger partial charge in [0.05, 0.1) is 17.8 Å². The molecule has 1 aliphatic carbocycles. The van der Waals surface area contributed by atoms with Gasteiger partial charge in [0, 0.05) is 19.3 Å². The molecule has 2 aliphatic rings. The maximum absolute atomic E-state index is 4.59. The van der Waals surface area contributed by atoms with E-state index in [2.05, 4.69) is 42.4 Å². The standard InChI is InChI=1S/C17H26N6/c1-13-19-14(2)22(20-13)16-7-4-10-21(11-16)12-17-8-9-18-23(17)15-5-3-6-15/h8-9,15-16H,3-7,10-12H2,1-2H3. The van der Waals surface area contributed by atoms with Crippen molar-refractivity contribution in [1.82, 2.24) is 29.4 Å². The smallest absolute Gasteiger partial charge is 0.147 e. The van der Waals surface area contributed by atoms with Crippen LogP contribution in [0.5, 0.6) is 0 Å². The first-order valence-corrected chi connectivity index (χ1v) is 8.85. The maximum atomic E-state index is 4.59. The average Bonchev–Trinajstić information content (AvgIpc) is 3.04. The lowest BCUT2D eigenvalue weighted by atomic mass is 9.93. The number of nitrogens with zero attached hydrogens (tertiary/aromatic N) is 6. The van der Waals surface area contributed by atoms with E-state index in [-0.39, 0.29) is 0 Å². The Morgan fingerprint density at radius 3 is 2.61 bits per heavy atom. The predicted molar refractivity (Wildman–Crippen MR) is 88.2 cm³/mol. The Morgan fingerprint density at radius 2 is 1.91 bits per heavy atom. The number of hydrogen-bond acceptors (Lipinski definition) is 4. The monoisotopic (exact) mass is 314 g/mol. The van der Waals surface area contributed by atoms with E-state index in [0.29, 0.717) is 12.1 Å². The van der Waals surface area contributed by atoms with Gasteiger partial charge in [-0.25, -0.2) is 9.67 Å². The molecule has 0 spiro atoms.